The molecule has 2 rings (SSSR count). The van der Waals surface area contributed by atoms with E-state index >= 15 is 0 Å². The lowest BCUT2D eigenvalue weighted by atomic mass is 9.94. The molecule has 0 saturated carbocycles. The monoisotopic (exact) mass is 267 g/mol. The third-order valence-electron chi connectivity index (χ3n) is 3.51. The Balaban J connectivity index is 1.90. The number of benzene rings is 1. The topological polar surface area (TPSA) is 49.8 Å². The van der Waals surface area contributed by atoms with Crippen LogP contribution >= 0.6 is 0 Å². The third-order valence-corrected chi connectivity index (χ3v) is 3.51. The van der Waals surface area contributed by atoms with Crippen LogP contribution in [0, 0.1) is 6.92 Å². The van der Waals surface area contributed by atoms with Gasteiger partial charge < -0.3 is 14.7 Å². The van der Waals surface area contributed by atoms with Gasteiger partial charge in [-0.25, -0.2) is 9.18 Å². The van der Waals surface area contributed by atoms with Crippen LogP contribution in [-0.4, -0.2) is 41.5 Å². The number of hydrogen-bond donors (Lipinski definition) is 1. The summed E-state index contributed by atoms with van der Waals surface area (Å²) in [6, 6.07) is 7.47. The van der Waals surface area contributed by atoms with E-state index in [1.165, 1.54) is 4.90 Å². The van der Waals surface area contributed by atoms with Crippen molar-refractivity contribution in [2.45, 2.75) is 25.4 Å². The molecule has 1 aromatic carbocycles. The van der Waals surface area contributed by atoms with Crippen LogP contribution < -0.4 is 4.74 Å². The molecule has 1 aliphatic heterocycles. The van der Waals surface area contributed by atoms with Crippen molar-refractivity contribution in [2.75, 3.05) is 19.7 Å². The fourth-order valence-corrected chi connectivity index (χ4v) is 2.17. The number of para-hydroxylation sites is 1. The van der Waals surface area contributed by atoms with Crippen LogP contribution in [-0.2, 0) is 0 Å². The standard InChI is InChI=1S/C14H18FNO3/c1-11-4-2-3-5-12(11)19-10-14(15)6-8-16(9-7-14)13(17)18/h2-5H,6-10H2,1H3,(H,17,18). The van der Waals surface area contributed by atoms with Crippen LogP contribution in [0.1, 0.15) is 18.4 Å². The van der Waals surface area contributed by atoms with Crippen LogP contribution in [0.15, 0.2) is 24.3 Å². The van der Waals surface area contributed by atoms with E-state index in [-0.39, 0.29) is 32.5 Å². The van der Waals surface area contributed by atoms with Gasteiger partial charge in [0.25, 0.3) is 0 Å². The van der Waals surface area contributed by atoms with E-state index in [4.69, 9.17) is 9.84 Å². The maximum atomic E-state index is 14.5. The number of rotatable bonds is 3. The normalized spacial score (nSPS) is 18.1. The molecule has 0 unspecified atom stereocenters. The van der Waals surface area contributed by atoms with Crippen LogP contribution in [0.3, 0.4) is 0 Å². The van der Waals surface area contributed by atoms with Crippen molar-refractivity contribution in [1.82, 2.24) is 4.90 Å². The van der Waals surface area contributed by atoms with Crippen LogP contribution in [0.4, 0.5) is 9.18 Å². The van der Waals surface area contributed by atoms with Gasteiger partial charge >= 0.3 is 6.09 Å². The Morgan fingerprint density at radius 2 is 2.05 bits per heavy atom. The Morgan fingerprint density at radius 1 is 1.42 bits per heavy atom. The fraction of sp³-hybridized carbons (Fsp3) is 0.500. The predicted octanol–water partition coefficient (Wildman–Crippen LogP) is 2.86. The predicted molar refractivity (Wildman–Crippen MR) is 69.3 cm³/mol. The zero-order valence-corrected chi connectivity index (χ0v) is 10.9. The number of carbonyl (C=O) groups is 1. The second kappa shape index (κ2) is 5.47. The number of hydrogen-bond acceptors (Lipinski definition) is 2. The molecule has 1 heterocycles. The summed E-state index contributed by atoms with van der Waals surface area (Å²) in [5.41, 5.74) is -0.470. The first-order chi connectivity index (χ1) is 9.00. The minimum absolute atomic E-state index is 0.0225. The highest BCUT2D eigenvalue weighted by Crippen LogP contribution is 2.28. The van der Waals surface area contributed by atoms with Gasteiger partial charge in [-0.3, -0.25) is 0 Å². The minimum Gasteiger partial charge on any atom is -0.490 e. The van der Waals surface area contributed by atoms with Crippen molar-refractivity contribution in [2.24, 2.45) is 0 Å². The van der Waals surface area contributed by atoms with Gasteiger partial charge in [-0.1, -0.05) is 18.2 Å². The lowest BCUT2D eigenvalue weighted by molar-refractivity contribution is 0.0201. The minimum atomic E-state index is -1.44. The van der Waals surface area contributed by atoms with Crippen molar-refractivity contribution >= 4 is 6.09 Å². The van der Waals surface area contributed by atoms with Gasteiger partial charge in [0.2, 0.25) is 0 Å². The Labute approximate surface area is 111 Å². The molecule has 4 nitrogen and oxygen atoms in total. The van der Waals surface area contributed by atoms with Crippen LogP contribution in [0.25, 0.3) is 0 Å². The first-order valence-electron chi connectivity index (χ1n) is 6.35. The molecule has 1 aliphatic rings. The molecule has 0 bridgehead atoms. The SMILES string of the molecule is Cc1ccccc1OCC1(F)CCN(C(=O)O)CC1. The van der Waals surface area contributed by atoms with E-state index in [1.807, 2.05) is 31.2 Å². The van der Waals surface area contributed by atoms with E-state index in [0.29, 0.717) is 5.75 Å². The number of carboxylic acid groups (broad SMARTS) is 1. The highest BCUT2D eigenvalue weighted by molar-refractivity contribution is 5.65. The Morgan fingerprint density at radius 3 is 2.63 bits per heavy atom. The lowest BCUT2D eigenvalue weighted by Crippen LogP contribution is -2.46. The van der Waals surface area contributed by atoms with Gasteiger partial charge in [-0.05, 0) is 18.6 Å². The highest BCUT2D eigenvalue weighted by Gasteiger charge is 2.36. The van der Waals surface area contributed by atoms with E-state index in [0.717, 1.165) is 5.56 Å². The molecule has 0 atom stereocenters. The van der Waals surface area contributed by atoms with Crippen LogP contribution in [0.5, 0.6) is 5.75 Å². The number of likely N-dealkylation sites (tertiary alicyclic amines) is 1. The molecular formula is C14H18FNO3. The summed E-state index contributed by atoms with van der Waals surface area (Å²) in [6.45, 7) is 2.34. The first-order valence-corrected chi connectivity index (χ1v) is 6.35. The van der Waals surface area contributed by atoms with Crippen molar-refractivity contribution < 1.29 is 19.0 Å². The molecule has 1 saturated heterocycles. The average Bonchev–Trinajstić information content (AvgIpc) is 2.38. The van der Waals surface area contributed by atoms with Crippen LogP contribution in [0.2, 0.25) is 0 Å². The van der Waals surface area contributed by atoms with Gasteiger partial charge in [-0.15, -0.1) is 0 Å². The van der Waals surface area contributed by atoms with Crippen molar-refractivity contribution in [3.8, 4) is 5.75 Å². The van der Waals surface area contributed by atoms with Gasteiger partial charge in [0, 0.05) is 25.9 Å². The number of halogens is 1. The third kappa shape index (κ3) is 3.36. The summed E-state index contributed by atoms with van der Waals surface area (Å²) >= 11 is 0. The number of nitrogens with zero attached hydrogens (tertiary/aromatic N) is 1. The smallest absolute Gasteiger partial charge is 0.407 e. The zero-order chi connectivity index (χ0) is 13.9. The van der Waals surface area contributed by atoms with Crippen molar-refractivity contribution in [3.05, 3.63) is 29.8 Å². The second-order valence-electron chi connectivity index (χ2n) is 4.97. The quantitative estimate of drug-likeness (QED) is 0.916. The van der Waals surface area contributed by atoms with E-state index in [9.17, 15) is 9.18 Å². The summed E-state index contributed by atoms with van der Waals surface area (Å²) in [6.07, 6.45) is -0.613. The second-order valence-corrected chi connectivity index (χ2v) is 4.97. The van der Waals surface area contributed by atoms with E-state index < -0.39 is 11.8 Å². The zero-order valence-electron chi connectivity index (χ0n) is 10.9. The Hall–Kier alpha value is -1.78. The molecule has 1 aromatic rings. The first kappa shape index (κ1) is 13.6. The van der Waals surface area contributed by atoms with Crippen molar-refractivity contribution in [1.29, 1.82) is 0 Å². The summed E-state index contributed by atoms with van der Waals surface area (Å²) in [4.78, 5) is 12.0. The molecule has 0 aliphatic carbocycles. The largest absolute Gasteiger partial charge is 0.490 e. The van der Waals surface area contributed by atoms with E-state index in [1.54, 1.807) is 0 Å². The van der Waals surface area contributed by atoms with E-state index in [2.05, 4.69) is 0 Å². The molecule has 0 aromatic heterocycles. The molecule has 5 heteroatoms. The van der Waals surface area contributed by atoms with Gasteiger partial charge in [0.1, 0.15) is 18.0 Å². The number of aryl methyl sites for hydroxylation is 1. The molecule has 104 valence electrons. The Kier molecular flexibility index (Phi) is 3.93. The summed E-state index contributed by atoms with van der Waals surface area (Å²) in [5.74, 6) is 0.681. The van der Waals surface area contributed by atoms with Crippen molar-refractivity contribution in [3.63, 3.8) is 0 Å². The summed E-state index contributed by atoms with van der Waals surface area (Å²) in [5, 5.41) is 8.82. The molecule has 0 radical (unpaired) electrons. The number of ether oxygens (including phenoxy) is 1. The van der Waals surface area contributed by atoms with Gasteiger partial charge in [0.05, 0.1) is 0 Å². The number of piperidine rings is 1. The molecule has 1 fully saturated rings. The lowest BCUT2D eigenvalue weighted by Gasteiger charge is -2.34. The highest BCUT2D eigenvalue weighted by atomic mass is 19.1. The number of amides is 1. The molecule has 1 N–H and O–H groups in total. The Bertz CT molecular complexity index is 456. The fourth-order valence-electron chi connectivity index (χ4n) is 2.17. The van der Waals surface area contributed by atoms with Gasteiger partial charge in [-0.2, -0.15) is 0 Å². The maximum Gasteiger partial charge on any atom is 0.407 e. The molecule has 0 spiro atoms. The number of alkyl halides is 1. The van der Waals surface area contributed by atoms with Gasteiger partial charge in [0.15, 0.2) is 0 Å². The summed E-state index contributed by atoms with van der Waals surface area (Å²) in [7, 11) is 0. The molecule has 19 heavy (non-hydrogen) atoms. The molecule has 1 amide bonds. The average molecular weight is 267 g/mol. The molecular weight excluding hydrogens is 249 g/mol. The maximum absolute atomic E-state index is 14.5. The summed E-state index contributed by atoms with van der Waals surface area (Å²) < 4.78 is 20.0.